The van der Waals surface area contributed by atoms with Crippen molar-refractivity contribution in [2.45, 2.75) is 18.9 Å². The monoisotopic (exact) mass is 363 g/mol. The number of nitrogens with zero attached hydrogens (tertiary/aromatic N) is 4. The highest BCUT2D eigenvalue weighted by molar-refractivity contribution is 5.75. The molecule has 1 aliphatic rings. The summed E-state index contributed by atoms with van der Waals surface area (Å²) in [6.45, 7) is 1.34. The van der Waals surface area contributed by atoms with E-state index in [9.17, 15) is 20.2 Å². The molecule has 1 aromatic heterocycles. The second-order valence-corrected chi connectivity index (χ2v) is 6.61. The van der Waals surface area contributed by atoms with Gasteiger partial charge in [0.25, 0.3) is 5.69 Å². The van der Waals surface area contributed by atoms with E-state index in [0.29, 0.717) is 24.3 Å². The fraction of sp³-hybridized carbons (Fsp3) is 0.263. The van der Waals surface area contributed by atoms with E-state index in [2.05, 4.69) is 16.0 Å². The molecule has 136 valence electrons. The number of para-hydroxylation sites is 2. The Morgan fingerprint density at radius 1 is 1.19 bits per heavy atom. The topological polar surface area (TPSA) is 108 Å². The summed E-state index contributed by atoms with van der Waals surface area (Å²) < 4.78 is 1.81. The van der Waals surface area contributed by atoms with Gasteiger partial charge in [-0.3, -0.25) is 14.7 Å². The molecule has 0 bridgehead atoms. The number of piperidine rings is 1. The first kappa shape index (κ1) is 16.8. The first-order chi connectivity index (χ1) is 13.1. The number of H-pyrrole nitrogens is 1. The number of hydrogen-bond acceptors (Lipinski definition) is 5. The highest BCUT2D eigenvalue weighted by Gasteiger charge is 2.25. The minimum absolute atomic E-state index is 0.0773. The zero-order valence-electron chi connectivity index (χ0n) is 14.5. The van der Waals surface area contributed by atoms with Gasteiger partial charge in [0.15, 0.2) is 0 Å². The van der Waals surface area contributed by atoms with Crippen LogP contribution >= 0.6 is 0 Å². The summed E-state index contributed by atoms with van der Waals surface area (Å²) in [6, 6.07) is 14.1. The standard InChI is InChI=1S/C19H17N5O3/c20-12-13-11-15(24(26)27)5-6-17(13)22-9-7-14(8-10-22)23-18-4-2-1-3-16(18)21-19(23)25/h1-6,11,14H,7-10H2,(H,21,25). The fourth-order valence-electron chi connectivity index (χ4n) is 3.80. The van der Waals surface area contributed by atoms with Crippen LogP contribution in [0, 0.1) is 21.4 Å². The van der Waals surface area contributed by atoms with Crippen LogP contribution in [0.15, 0.2) is 47.3 Å². The Kier molecular flexibility index (Phi) is 4.12. The summed E-state index contributed by atoms with van der Waals surface area (Å²) in [5.41, 5.74) is 2.53. The number of non-ortho nitro benzene ring substituents is 1. The summed E-state index contributed by atoms with van der Waals surface area (Å²) in [5, 5.41) is 20.3. The van der Waals surface area contributed by atoms with Crippen LogP contribution in [0.2, 0.25) is 0 Å². The minimum Gasteiger partial charge on any atom is -0.370 e. The average molecular weight is 363 g/mol. The van der Waals surface area contributed by atoms with Crippen LogP contribution < -0.4 is 10.6 Å². The van der Waals surface area contributed by atoms with Crippen molar-refractivity contribution in [2.24, 2.45) is 0 Å². The Labute approximate surface area is 154 Å². The number of aromatic amines is 1. The molecule has 1 saturated heterocycles. The molecule has 0 aliphatic carbocycles. The van der Waals surface area contributed by atoms with E-state index in [0.717, 1.165) is 23.9 Å². The molecule has 1 fully saturated rings. The molecule has 1 N–H and O–H groups in total. The largest absolute Gasteiger partial charge is 0.370 e. The van der Waals surface area contributed by atoms with Gasteiger partial charge in [0.1, 0.15) is 6.07 Å². The number of aromatic nitrogens is 2. The maximum absolute atomic E-state index is 12.4. The van der Waals surface area contributed by atoms with Crippen LogP contribution in [0.5, 0.6) is 0 Å². The van der Waals surface area contributed by atoms with Gasteiger partial charge < -0.3 is 9.88 Å². The number of imidazole rings is 1. The van der Waals surface area contributed by atoms with Gasteiger partial charge in [-0.2, -0.15) is 5.26 Å². The lowest BCUT2D eigenvalue weighted by molar-refractivity contribution is -0.384. The molecule has 2 aromatic carbocycles. The van der Waals surface area contributed by atoms with Crippen LogP contribution in [-0.2, 0) is 0 Å². The SMILES string of the molecule is N#Cc1cc([N+](=O)[O-])ccc1N1CCC(n2c(=O)[nH]c3ccccc32)CC1. The average Bonchev–Trinajstić information content (AvgIpc) is 3.03. The maximum atomic E-state index is 12.4. The number of hydrogen-bond donors (Lipinski definition) is 1. The molecule has 4 rings (SSSR count). The lowest BCUT2D eigenvalue weighted by Gasteiger charge is -2.34. The normalized spacial score (nSPS) is 15.0. The van der Waals surface area contributed by atoms with Gasteiger partial charge in [-0.25, -0.2) is 4.79 Å². The first-order valence-corrected chi connectivity index (χ1v) is 8.71. The van der Waals surface area contributed by atoms with Gasteiger partial charge in [-0.1, -0.05) is 12.1 Å². The lowest BCUT2D eigenvalue weighted by atomic mass is 10.0. The Morgan fingerprint density at radius 2 is 1.93 bits per heavy atom. The second kappa shape index (κ2) is 6.61. The summed E-state index contributed by atoms with van der Waals surface area (Å²) >= 11 is 0. The van der Waals surface area contributed by atoms with Crippen molar-refractivity contribution in [1.82, 2.24) is 9.55 Å². The molecule has 2 heterocycles. The molecule has 8 heteroatoms. The molecule has 0 atom stereocenters. The molecule has 0 saturated carbocycles. The molecule has 1 aliphatic heterocycles. The zero-order valence-corrected chi connectivity index (χ0v) is 14.5. The van der Waals surface area contributed by atoms with Gasteiger partial charge in [0.05, 0.1) is 27.2 Å². The Bertz CT molecular complexity index is 1120. The molecule has 0 radical (unpaired) electrons. The zero-order chi connectivity index (χ0) is 19.0. The third kappa shape index (κ3) is 2.93. The van der Waals surface area contributed by atoms with Crippen molar-refractivity contribution in [3.8, 4) is 6.07 Å². The van der Waals surface area contributed by atoms with Gasteiger partial charge >= 0.3 is 5.69 Å². The van der Waals surface area contributed by atoms with Crippen LogP contribution in [-0.4, -0.2) is 27.6 Å². The summed E-state index contributed by atoms with van der Waals surface area (Å²) in [5.74, 6) is 0. The smallest absolute Gasteiger partial charge is 0.326 e. The predicted octanol–water partition coefficient (Wildman–Crippen LogP) is 2.95. The number of nitriles is 1. The number of nitro benzene ring substituents is 1. The van der Waals surface area contributed by atoms with E-state index in [4.69, 9.17) is 0 Å². The van der Waals surface area contributed by atoms with Crippen molar-refractivity contribution < 1.29 is 4.92 Å². The van der Waals surface area contributed by atoms with E-state index < -0.39 is 4.92 Å². The molecule has 27 heavy (non-hydrogen) atoms. The molecule has 3 aromatic rings. The molecular weight excluding hydrogens is 346 g/mol. The second-order valence-electron chi connectivity index (χ2n) is 6.61. The van der Waals surface area contributed by atoms with Crippen LogP contribution in [0.4, 0.5) is 11.4 Å². The highest BCUT2D eigenvalue weighted by atomic mass is 16.6. The molecule has 0 spiro atoms. The Balaban J connectivity index is 1.58. The summed E-state index contributed by atoms with van der Waals surface area (Å²) in [6.07, 6.45) is 1.51. The Hall–Kier alpha value is -3.60. The minimum atomic E-state index is -0.500. The quantitative estimate of drug-likeness (QED) is 0.568. The summed E-state index contributed by atoms with van der Waals surface area (Å²) in [4.78, 5) is 27.7. The Morgan fingerprint density at radius 3 is 2.63 bits per heavy atom. The molecular formula is C19H17N5O3. The number of nitro groups is 1. The summed E-state index contributed by atoms with van der Waals surface area (Å²) in [7, 11) is 0. The fourth-order valence-corrected chi connectivity index (χ4v) is 3.80. The number of benzene rings is 2. The predicted molar refractivity (Wildman–Crippen MR) is 101 cm³/mol. The number of fused-ring (bicyclic) bond motifs is 1. The first-order valence-electron chi connectivity index (χ1n) is 8.71. The van der Waals surface area contributed by atoms with E-state index in [1.807, 2.05) is 28.8 Å². The van der Waals surface area contributed by atoms with Crippen molar-refractivity contribution in [3.05, 3.63) is 68.6 Å². The number of rotatable bonds is 3. The molecule has 0 unspecified atom stereocenters. The van der Waals surface area contributed by atoms with Crippen molar-refractivity contribution in [1.29, 1.82) is 5.26 Å². The van der Waals surface area contributed by atoms with Gasteiger partial charge in [0.2, 0.25) is 0 Å². The molecule has 8 nitrogen and oxygen atoms in total. The third-order valence-corrected chi connectivity index (χ3v) is 5.11. The van der Waals surface area contributed by atoms with Crippen molar-refractivity contribution in [2.75, 3.05) is 18.0 Å². The number of anilines is 1. The van der Waals surface area contributed by atoms with E-state index in [1.54, 1.807) is 6.07 Å². The van der Waals surface area contributed by atoms with Gasteiger partial charge in [-0.15, -0.1) is 0 Å². The van der Waals surface area contributed by atoms with Crippen molar-refractivity contribution >= 4 is 22.4 Å². The van der Waals surface area contributed by atoms with Crippen molar-refractivity contribution in [3.63, 3.8) is 0 Å². The van der Waals surface area contributed by atoms with Crippen LogP contribution in [0.1, 0.15) is 24.4 Å². The van der Waals surface area contributed by atoms with Gasteiger partial charge in [0, 0.05) is 31.3 Å². The third-order valence-electron chi connectivity index (χ3n) is 5.11. The van der Waals surface area contributed by atoms with Crippen LogP contribution in [0.3, 0.4) is 0 Å². The van der Waals surface area contributed by atoms with E-state index in [1.165, 1.54) is 12.1 Å². The highest BCUT2D eigenvalue weighted by Crippen LogP contribution is 2.31. The van der Waals surface area contributed by atoms with E-state index >= 15 is 0 Å². The number of nitrogens with one attached hydrogen (secondary N) is 1. The van der Waals surface area contributed by atoms with Crippen LogP contribution in [0.25, 0.3) is 11.0 Å². The molecule has 0 amide bonds. The lowest BCUT2D eigenvalue weighted by Crippen LogP contribution is -2.37. The van der Waals surface area contributed by atoms with Gasteiger partial charge in [-0.05, 0) is 31.0 Å². The van der Waals surface area contributed by atoms with E-state index in [-0.39, 0.29) is 17.4 Å². The maximum Gasteiger partial charge on any atom is 0.326 e.